The summed E-state index contributed by atoms with van der Waals surface area (Å²) in [6.45, 7) is -0.584. The molecule has 24 heavy (non-hydrogen) atoms. The molecule has 12 heteroatoms. The van der Waals surface area contributed by atoms with Crippen molar-refractivity contribution in [3.63, 3.8) is 0 Å². The summed E-state index contributed by atoms with van der Waals surface area (Å²) < 4.78 is 14.7. The molecule has 0 bridgehead atoms. The van der Waals surface area contributed by atoms with Gasteiger partial charge in [0.05, 0.1) is 6.61 Å². The highest BCUT2D eigenvalue weighted by Gasteiger charge is 2.49. The van der Waals surface area contributed by atoms with Crippen LogP contribution in [-0.2, 0) is 19.0 Å². The van der Waals surface area contributed by atoms with Gasteiger partial charge in [-0.05, 0) is 0 Å². The number of carboxylic acids is 1. The van der Waals surface area contributed by atoms with Gasteiger partial charge in [0.1, 0.15) is 42.7 Å². The minimum atomic E-state index is -1.88. The SMILES string of the molecule is O=C(O)[C@H]1O[C@H](OC[C@H]2OC(O)[C@@H](O)[C@@H](O)[C@@H]2O)[C@H](O)[C@@H](O)[C@@H]1O. The first-order valence-corrected chi connectivity index (χ1v) is 7.07. The van der Waals surface area contributed by atoms with Crippen molar-refractivity contribution in [3.8, 4) is 0 Å². The third-order valence-corrected chi connectivity index (χ3v) is 3.92. The van der Waals surface area contributed by atoms with Crippen LogP contribution < -0.4 is 0 Å². The van der Waals surface area contributed by atoms with Gasteiger partial charge < -0.3 is 55.1 Å². The topological polar surface area (TPSA) is 207 Å². The fourth-order valence-electron chi connectivity index (χ4n) is 2.45. The number of carboxylic acid groups (broad SMARTS) is 1. The summed E-state index contributed by atoms with van der Waals surface area (Å²) >= 11 is 0. The van der Waals surface area contributed by atoms with Crippen LogP contribution >= 0.6 is 0 Å². The second-order valence-electron chi connectivity index (χ2n) is 5.61. The van der Waals surface area contributed by atoms with Gasteiger partial charge in [-0.25, -0.2) is 4.79 Å². The van der Waals surface area contributed by atoms with E-state index in [9.17, 15) is 40.5 Å². The standard InChI is InChI=1S/C12H20O12/c13-3-2(23-11(21)7(17)4(3)14)1-22-12-8(18)5(15)6(16)9(24-12)10(19)20/h2-9,11-18,21H,1H2,(H,19,20)/t2-,3-,4+,5+,6+,7+,8-,9+,11?,12+/m1/s1. The van der Waals surface area contributed by atoms with Crippen molar-refractivity contribution in [2.45, 2.75) is 61.4 Å². The van der Waals surface area contributed by atoms with Gasteiger partial charge in [-0.1, -0.05) is 0 Å². The molecule has 2 aliphatic heterocycles. The zero-order valence-electron chi connectivity index (χ0n) is 12.2. The first kappa shape index (κ1) is 19.4. The molecule has 0 radical (unpaired) electrons. The summed E-state index contributed by atoms with van der Waals surface area (Å²) in [6.07, 6.45) is -17.3. The van der Waals surface area contributed by atoms with Crippen molar-refractivity contribution >= 4 is 5.97 Å². The van der Waals surface area contributed by atoms with Crippen LogP contribution in [0.5, 0.6) is 0 Å². The van der Waals surface area contributed by atoms with Crippen LogP contribution in [0.4, 0.5) is 0 Å². The van der Waals surface area contributed by atoms with Gasteiger partial charge in [0.15, 0.2) is 18.7 Å². The predicted octanol–water partition coefficient (Wildman–Crippen LogP) is -5.30. The number of ether oxygens (including phenoxy) is 3. The molecule has 2 saturated heterocycles. The zero-order chi connectivity index (χ0) is 18.2. The Kier molecular flexibility index (Phi) is 6.09. The predicted molar refractivity (Wildman–Crippen MR) is 69.2 cm³/mol. The van der Waals surface area contributed by atoms with Crippen molar-refractivity contribution < 1.29 is 59.9 Å². The van der Waals surface area contributed by atoms with Gasteiger partial charge in [-0.15, -0.1) is 0 Å². The molecule has 2 fully saturated rings. The largest absolute Gasteiger partial charge is 0.479 e. The van der Waals surface area contributed by atoms with Crippen LogP contribution in [-0.4, -0.2) is 115 Å². The molecule has 2 heterocycles. The van der Waals surface area contributed by atoms with E-state index in [1.54, 1.807) is 0 Å². The zero-order valence-corrected chi connectivity index (χ0v) is 12.2. The van der Waals surface area contributed by atoms with E-state index in [0.717, 1.165) is 0 Å². The lowest BCUT2D eigenvalue weighted by molar-refractivity contribution is -0.321. The third-order valence-electron chi connectivity index (χ3n) is 3.92. The molecule has 8 N–H and O–H groups in total. The fraction of sp³-hybridized carbons (Fsp3) is 0.917. The van der Waals surface area contributed by atoms with Crippen LogP contribution in [0.1, 0.15) is 0 Å². The van der Waals surface area contributed by atoms with Gasteiger partial charge in [-0.3, -0.25) is 0 Å². The molecular formula is C12H20O12. The van der Waals surface area contributed by atoms with Crippen molar-refractivity contribution in [2.24, 2.45) is 0 Å². The Morgan fingerprint density at radius 3 is 1.96 bits per heavy atom. The highest BCUT2D eigenvalue weighted by Crippen LogP contribution is 2.25. The number of hydrogen-bond donors (Lipinski definition) is 8. The third kappa shape index (κ3) is 3.67. The summed E-state index contributed by atoms with van der Waals surface area (Å²) in [4.78, 5) is 11.0. The van der Waals surface area contributed by atoms with E-state index >= 15 is 0 Å². The monoisotopic (exact) mass is 356 g/mol. The van der Waals surface area contributed by atoms with Crippen LogP contribution in [0.3, 0.4) is 0 Å². The average Bonchev–Trinajstić information content (AvgIpc) is 2.54. The van der Waals surface area contributed by atoms with Crippen LogP contribution in [0, 0.1) is 0 Å². The highest BCUT2D eigenvalue weighted by atomic mass is 16.7. The number of carbonyl (C=O) groups is 1. The Balaban J connectivity index is 1.98. The molecule has 1 unspecified atom stereocenters. The highest BCUT2D eigenvalue weighted by molar-refractivity contribution is 5.73. The smallest absolute Gasteiger partial charge is 0.335 e. The van der Waals surface area contributed by atoms with Crippen molar-refractivity contribution in [2.75, 3.05) is 6.61 Å². The minimum absolute atomic E-state index is 0.584. The minimum Gasteiger partial charge on any atom is -0.479 e. The van der Waals surface area contributed by atoms with Gasteiger partial charge in [0.25, 0.3) is 0 Å². The lowest BCUT2D eigenvalue weighted by atomic mass is 9.98. The number of rotatable bonds is 4. The van der Waals surface area contributed by atoms with E-state index < -0.39 is 74.0 Å². The molecule has 0 aromatic rings. The quantitative estimate of drug-likeness (QED) is 0.238. The number of aliphatic hydroxyl groups excluding tert-OH is 7. The van der Waals surface area contributed by atoms with Gasteiger partial charge >= 0.3 is 5.97 Å². The lowest BCUT2D eigenvalue weighted by Crippen LogP contribution is -2.62. The van der Waals surface area contributed by atoms with Crippen molar-refractivity contribution in [1.82, 2.24) is 0 Å². The van der Waals surface area contributed by atoms with Crippen LogP contribution in [0.25, 0.3) is 0 Å². The first-order chi connectivity index (χ1) is 11.1. The second kappa shape index (κ2) is 7.53. The number of aliphatic hydroxyl groups is 7. The summed E-state index contributed by atoms with van der Waals surface area (Å²) in [6, 6.07) is 0. The second-order valence-corrected chi connectivity index (χ2v) is 5.61. The van der Waals surface area contributed by atoms with E-state index in [2.05, 4.69) is 0 Å². The molecule has 0 amide bonds. The summed E-state index contributed by atoms with van der Waals surface area (Å²) in [7, 11) is 0. The van der Waals surface area contributed by atoms with E-state index in [0.29, 0.717) is 0 Å². The van der Waals surface area contributed by atoms with E-state index in [-0.39, 0.29) is 0 Å². The molecule has 0 aromatic carbocycles. The van der Waals surface area contributed by atoms with E-state index in [1.165, 1.54) is 0 Å². The maximum atomic E-state index is 11.0. The fourth-order valence-corrected chi connectivity index (χ4v) is 2.45. The van der Waals surface area contributed by atoms with E-state index in [4.69, 9.17) is 19.3 Å². The summed E-state index contributed by atoms with van der Waals surface area (Å²) in [5, 5.41) is 75.8. The normalized spacial score (nSPS) is 49.8. The van der Waals surface area contributed by atoms with Gasteiger partial charge in [0.2, 0.25) is 0 Å². The van der Waals surface area contributed by atoms with E-state index in [1.807, 2.05) is 0 Å². The van der Waals surface area contributed by atoms with Crippen molar-refractivity contribution in [1.29, 1.82) is 0 Å². The number of aliphatic carboxylic acids is 1. The molecule has 140 valence electrons. The molecular weight excluding hydrogens is 336 g/mol. The van der Waals surface area contributed by atoms with Gasteiger partial charge in [-0.2, -0.15) is 0 Å². The number of hydrogen-bond acceptors (Lipinski definition) is 11. The Morgan fingerprint density at radius 2 is 1.38 bits per heavy atom. The lowest BCUT2D eigenvalue weighted by Gasteiger charge is -2.41. The molecule has 2 aliphatic rings. The van der Waals surface area contributed by atoms with Crippen LogP contribution in [0.2, 0.25) is 0 Å². The van der Waals surface area contributed by atoms with Crippen LogP contribution in [0.15, 0.2) is 0 Å². The molecule has 0 spiro atoms. The van der Waals surface area contributed by atoms with Gasteiger partial charge in [0, 0.05) is 0 Å². The maximum absolute atomic E-state index is 11.0. The average molecular weight is 356 g/mol. The summed E-state index contributed by atoms with van der Waals surface area (Å²) in [5.41, 5.74) is 0. The maximum Gasteiger partial charge on any atom is 0.335 e. The molecule has 0 saturated carbocycles. The van der Waals surface area contributed by atoms with Crippen molar-refractivity contribution in [3.05, 3.63) is 0 Å². The first-order valence-electron chi connectivity index (χ1n) is 7.07. The Morgan fingerprint density at radius 1 is 0.792 bits per heavy atom. The molecule has 0 aliphatic carbocycles. The molecule has 10 atom stereocenters. The Hall–Kier alpha value is -0.930. The molecule has 2 rings (SSSR count). The molecule has 0 aromatic heterocycles. The molecule has 12 nitrogen and oxygen atoms in total. The Bertz CT molecular complexity index is 446. The summed E-state index contributed by atoms with van der Waals surface area (Å²) in [5.74, 6) is -1.59. The Labute approximate surface area is 135 Å².